The lowest BCUT2D eigenvalue weighted by molar-refractivity contribution is 0.199. The molecule has 0 bridgehead atoms. The molecule has 0 aliphatic heterocycles. The van der Waals surface area contributed by atoms with Crippen LogP contribution >= 0.6 is 7.60 Å². The van der Waals surface area contributed by atoms with Gasteiger partial charge in [-0.2, -0.15) is 0 Å². The van der Waals surface area contributed by atoms with E-state index in [-0.39, 0.29) is 0 Å². The Balaban J connectivity index is 3.97. The normalized spacial score (nSPS) is 11.9. The first-order valence-corrected chi connectivity index (χ1v) is 8.08. The maximum atomic E-state index is 12.2. The van der Waals surface area contributed by atoms with Crippen LogP contribution in [-0.2, 0) is 13.6 Å². The maximum absolute atomic E-state index is 12.2. The summed E-state index contributed by atoms with van der Waals surface area (Å²) in [4.78, 5) is 0. The van der Waals surface area contributed by atoms with E-state index in [1.54, 1.807) is 0 Å². The van der Waals surface area contributed by atoms with Crippen molar-refractivity contribution in [3.05, 3.63) is 6.92 Å². The summed E-state index contributed by atoms with van der Waals surface area (Å²) in [6.45, 7) is 9.00. The van der Waals surface area contributed by atoms with Gasteiger partial charge in [0.2, 0.25) is 0 Å². The van der Waals surface area contributed by atoms with Gasteiger partial charge in [0.1, 0.15) is 0 Å². The van der Waals surface area contributed by atoms with Crippen LogP contribution in [0.5, 0.6) is 0 Å². The van der Waals surface area contributed by atoms with Crippen LogP contribution in [0, 0.1) is 6.92 Å². The average molecular weight is 249 g/mol. The summed E-state index contributed by atoms with van der Waals surface area (Å²) in [6, 6.07) is 0. The van der Waals surface area contributed by atoms with Gasteiger partial charge < -0.3 is 9.05 Å². The van der Waals surface area contributed by atoms with Gasteiger partial charge in [-0.15, -0.1) is 0 Å². The summed E-state index contributed by atoms with van der Waals surface area (Å²) in [5.74, 6) is 0. The number of hydrogen-bond acceptors (Lipinski definition) is 3. The molecular weight excluding hydrogens is 223 g/mol. The first-order chi connectivity index (χ1) is 7.68. The minimum absolute atomic E-state index is 0.504. The number of unbranched alkanes of at least 4 members (excludes halogenated alkanes) is 3. The summed E-state index contributed by atoms with van der Waals surface area (Å²) in [5, 5.41) is 0. The second-order valence-electron chi connectivity index (χ2n) is 3.92. The molecule has 0 saturated heterocycles. The van der Waals surface area contributed by atoms with E-state index in [9.17, 15) is 4.57 Å². The zero-order chi connectivity index (χ0) is 12.3. The zero-order valence-corrected chi connectivity index (χ0v) is 11.6. The third-order valence-electron chi connectivity index (χ3n) is 2.25. The van der Waals surface area contributed by atoms with E-state index in [0.717, 1.165) is 38.5 Å². The Morgan fingerprint density at radius 1 is 1.00 bits per heavy atom. The Kier molecular flexibility index (Phi) is 10.4. The van der Waals surface area contributed by atoms with E-state index in [1.165, 1.54) is 0 Å². The molecule has 0 N–H and O–H groups in total. The standard InChI is InChI=1S/C12H26O3P/c1-4-7-10-14-16(13,12-9-6-3)15-11-8-5-2/h3-12H2,1-2H3. The van der Waals surface area contributed by atoms with Crippen LogP contribution in [0.2, 0.25) is 0 Å². The molecule has 16 heavy (non-hydrogen) atoms. The summed E-state index contributed by atoms with van der Waals surface area (Å²) in [5.41, 5.74) is 0. The maximum Gasteiger partial charge on any atom is 0.330 e. The molecule has 0 atom stereocenters. The molecule has 97 valence electrons. The smallest absolute Gasteiger partial charge is 0.309 e. The van der Waals surface area contributed by atoms with Gasteiger partial charge in [-0.25, -0.2) is 0 Å². The van der Waals surface area contributed by atoms with Crippen LogP contribution in [0.1, 0.15) is 52.4 Å². The highest BCUT2D eigenvalue weighted by molar-refractivity contribution is 7.53. The van der Waals surface area contributed by atoms with Crippen LogP contribution in [0.25, 0.3) is 0 Å². The second-order valence-corrected chi connectivity index (χ2v) is 6.10. The van der Waals surface area contributed by atoms with Crippen molar-refractivity contribution >= 4 is 7.60 Å². The predicted molar refractivity (Wildman–Crippen MR) is 68.8 cm³/mol. The molecule has 0 aliphatic carbocycles. The van der Waals surface area contributed by atoms with Gasteiger partial charge >= 0.3 is 7.60 Å². The minimum Gasteiger partial charge on any atom is -0.309 e. The molecule has 0 rings (SSSR count). The monoisotopic (exact) mass is 249 g/mol. The van der Waals surface area contributed by atoms with Crippen molar-refractivity contribution in [3.63, 3.8) is 0 Å². The zero-order valence-electron chi connectivity index (χ0n) is 10.7. The fraction of sp³-hybridized carbons (Fsp3) is 0.917. The van der Waals surface area contributed by atoms with Gasteiger partial charge in [-0.1, -0.05) is 40.0 Å². The Hall–Kier alpha value is 0.150. The third kappa shape index (κ3) is 8.32. The SMILES string of the molecule is [CH2]CCCP(=O)(OCCCC)OCCCC. The third-order valence-corrected chi connectivity index (χ3v) is 4.27. The van der Waals surface area contributed by atoms with E-state index < -0.39 is 7.60 Å². The van der Waals surface area contributed by atoms with Crippen molar-refractivity contribution in [2.24, 2.45) is 0 Å². The largest absolute Gasteiger partial charge is 0.330 e. The molecule has 0 aromatic carbocycles. The second kappa shape index (κ2) is 10.3. The summed E-state index contributed by atoms with van der Waals surface area (Å²) in [7, 11) is -2.84. The number of rotatable bonds is 11. The Bertz CT molecular complexity index is 181. The molecule has 0 fully saturated rings. The molecule has 0 aromatic heterocycles. The molecule has 1 radical (unpaired) electrons. The fourth-order valence-corrected chi connectivity index (χ4v) is 2.93. The van der Waals surface area contributed by atoms with Crippen LogP contribution in [0.3, 0.4) is 0 Å². The first-order valence-electron chi connectivity index (χ1n) is 6.36. The van der Waals surface area contributed by atoms with Crippen molar-refractivity contribution in [3.8, 4) is 0 Å². The van der Waals surface area contributed by atoms with Crippen molar-refractivity contribution in [1.82, 2.24) is 0 Å². The first kappa shape index (κ1) is 16.1. The van der Waals surface area contributed by atoms with E-state index in [0.29, 0.717) is 19.4 Å². The van der Waals surface area contributed by atoms with Gasteiger partial charge in [0.05, 0.1) is 19.4 Å². The van der Waals surface area contributed by atoms with Gasteiger partial charge in [0, 0.05) is 0 Å². The molecule has 0 heterocycles. The summed E-state index contributed by atoms with van der Waals surface area (Å²) in [6.07, 6.45) is 6.04. The van der Waals surface area contributed by atoms with Gasteiger partial charge in [-0.05, 0) is 19.3 Å². The van der Waals surface area contributed by atoms with Gasteiger partial charge in [-0.3, -0.25) is 4.57 Å². The lowest BCUT2D eigenvalue weighted by Crippen LogP contribution is -2.03. The molecule has 3 nitrogen and oxygen atoms in total. The van der Waals surface area contributed by atoms with Crippen molar-refractivity contribution in [2.45, 2.75) is 52.4 Å². The molecule has 0 spiro atoms. The summed E-state index contributed by atoms with van der Waals surface area (Å²) >= 11 is 0. The molecule has 0 unspecified atom stereocenters. The van der Waals surface area contributed by atoms with Crippen molar-refractivity contribution < 1.29 is 13.6 Å². The van der Waals surface area contributed by atoms with Crippen LogP contribution in [0.15, 0.2) is 0 Å². The van der Waals surface area contributed by atoms with Crippen molar-refractivity contribution in [1.29, 1.82) is 0 Å². The topological polar surface area (TPSA) is 35.5 Å². The van der Waals surface area contributed by atoms with Crippen molar-refractivity contribution in [2.75, 3.05) is 19.4 Å². The molecule has 0 amide bonds. The summed E-state index contributed by atoms with van der Waals surface area (Å²) < 4.78 is 23.1. The Morgan fingerprint density at radius 2 is 1.50 bits per heavy atom. The van der Waals surface area contributed by atoms with Crippen LogP contribution in [-0.4, -0.2) is 19.4 Å². The lowest BCUT2D eigenvalue weighted by Gasteiger charge is -2.18. The lowest BCUT2D eigenvalue weighted by atomic mass is 10.4. The number of hydrogen-bond donors (Lipinski definition) is 0. The molecule has 0 saturated carbocycles. The van der Waals surface area contributed by atoms with Gasteiger partial charge in [0.25, 0.3) is 0 Å². The van der Waals surface area contributed by atoms with E-state index >= 15 is 0 Å². The quantitative estimate of drug-likeness (QED) is 0.401. The predicted octanol–water partition coefficient (Wildman–Crippen LogP) is 4.43. The average Bonchev–Trinajstić information content (AvgIpc) is 2.27. The minimum atomic E-state index is -2.84. The molecule has 4 heteroatoms. The fourth-order valence-electron chi connectivity index (χ4n) is 1.17. The molecular formula is C12H26O3P. The molecule has 0 aliphatic rings. The van der Waals surface area contributed by atoms with Gasteiger partial charge in [0.15, 0.2) is 0 Å². The highest BCUT2D eigenvalue weighted by atomic mass is 31.2. The van der Waals surface area contributed by atoms with E-state index in [4.69, 9.17) is 9.05 Å². The van der Waals surface area contributed by atoms with E-state index in [2.05, 4.69) is 20.8 Å². The van der Waals surface area contributed by atoms with Crippen LogP contribution < -0.4 is 0 Å². The van der Waals surface area contributed by atoms with E-state index in [1.807, 2.05) is 0 Å². The Labute approximate surface area is 100 Å². The Morgan fingerprint density at radius 3 is 1.88 bits per heavy atom. The molecule has 0 aromatic rings. The highest BCUT2D eigenvalue weighted by Crippen LogP contribution is 2.49. The highest BCUT2D eigenvalue weighted by Gasteiger charge is 2.23. The van der Waals surface area contributed by atoms with Crippen LogP contribution in [0.4, 0.5) is 0 Å².